The molecule has 0 aliphatic heterocycles. The Morgan fingerprint density at radius 2 is 1.51 bits per heavy atom. The maximum Gasteiger partial charge on any atom is 0.490 e. The van der Waals surface area contributed by atoms with Crippen molar-refractivity contribution in [1.82, 2.24) is 5.32 Å². The van der Waals surface area contributed by atoms with E-state index in [2.05, 4.69) is 12.2 Å². The maximum atomic E-state index is 14.0. The van der Waals surface area contributed by atoms with Crippen molar-refractivity contribution in [2.75, 3.05) is 7.11 Å². The molecule has 2 aromatic carbocycles. The molecule has 12 nitrogen and oxygen atoms in total. The zero-order chi connectivity index (χ0) is 46.1. The first-order valence-electron chi connectivity index (χ1n) is 22.1. The van der Waals surface area contributed by atoms with Crippen LogP contribution in [-0.2, 0) is 38.1 Å². The lowest BCUT2D eigenvalue weighted by atomic mass is 9.43. The molecule has 346 valence electrons. The fraction of sp³-hybridized carbons (Fsp3) is 0.646. The van der Waals surface area contributed by atoms with Gasteiger partial charge < -0.3 is 34.1 Å². The molecule has 2 aromatic rings. The van der Waals surface area contributed by atoms with Crippen molar-refractivity contribution in [3.63, 3.8) is 0 Å². The quantitative estimate of drug-likeness (QED) is 0.155. The smallest absolute Gasteiger partial charge is 0.469 e. The number of alkyl halides is 3. The molecule has 4 fully saturated rings. The zero-order valence-electron chi connectivity index (χ0n) is 37.2. The second kappa shape index (κ2) is 18.8. The Hall–Kier alpha value is -4.66. The van der Waals surface area contributed by atoms with Crippen LogP contribution >= 0.6 is 0 Å². The van der Waals surface area contributed by atoms with Gasteiger partial charge in [-0.1, -0.05) is 69.3 Å². The van der Waals surface area contributed by atoms with Gasteiger partial charge in [0, 0.05) is 17.8 Å². The van der Waals surface area contributed by atoms with E-state index in [1.165, 1.54) is 7.11 Å². The number of amides is 1. The lowest BCUT2D eigenvalue weighted by Crippen LogP contribution is -2.64. The van der Waals surface area contributed by atoms with Crippen molar-refractivity contribution >= 4 is 30.0 Å². The number of methoxy groups -OCH3 is 1. The zero-order valence-corrected chi connectivity index (χ0v) is 37.2. The van der Waals surface area contributed by atoms with Crippen LogP contribution in [0.15, 0.2) is 60.7 Å². The Morgan fingerprint density at radius 3 is 2.13 bits per heavy atom. The minimum atomic E-state index is -5.23. The van der Waals surface area contributed by atoms with Crippen LogP contribution in [0.25, 0.3) is 0 Å². The van der Waals surface area contributed by atoms with Crippen LogP contribution in [0.1, 0.15) is 121 Å². The summed E-state index contributed by atoms with van der Waals surface area (Å²) in [6.45, 7) is 11.0. The Morgan fingerprint density at radius 1 is 0.857 bits per heavy atom. The fourth-order valence-corrected chi connectivity index (χ4v) is 11.9. The summed E-state index contributed by atoms with van der Waals surface area (Å²) < 4.78 is 70.5. The van der Waals surface area contributed by atoms with Crippen molar-refractivity contribution in [2.24, 2.45) is 46.3 Å². The van der Waals surface area contributed by atoms with Gasteiger partial charge in [0.15, 0.2) is 6.10 Å². The SMILES string of the molecule is COC(=O)CC[C@@H](C)[C@H]1CC[C@H]2[C@@H]3[C@H](OC(=O)c4ccccc4)C[C@@H]4C[C@H](OC(=O)[C@H](O)[C@@H](NC(=O)OC(C)(C)C)c5ccccc5)CC[C@]4(C)[C@H]3C[C@H](OC(=O)C(F)(F)F)[C@]12C. The summed E-state index contributed by atoms with van der Waals surface area (Å²) in [7, 11) is 1.30. The summed E-state index contributed by atoms with van der Waals surface area (Å²) in [4.78, 5) is 65.5. The molecule has 0 heterocycles. The Kier molecular flexibility index (Phi) is 14.3. The molecule has 2 N–H and O–H groups in total. The van der Waals surface area contributed by atoms with Gasteiger partial charge in [-0.3, -0.25) is 4.79 Å². The minimum absolute atomic E-state index is 0.0877. The third kappa shape index (κ3) is 10.3. The molecule has 13 atom stereocenters. The molecule has 4 aliphatic carbocycles. The van der Waals surface area contributed by atoms with Gasteiger partial charge in [-0.25, -0.2) is 19.2 Å². The summed E-state index contributed by atoms with van der Waals surface area (Å²) in [5.41, 5.74) is -1.58. The molecular formula is C48H62F3NO11. The third-order valence-electron chi connectivity index (χ3n) is 14.9. The van der Waals surface area contributed by atoms with Crippen LogP contribution in [0.5, 0.6) is 0 Å². The number of halogens is 3. The standard InChI is InChI=1S/C48H62F3NO11/c1-27(18-21-37(53)59-7)32-19-20-33-38-34(26-36(47(32,33)6)62-43(57)48(49,50)51)46(5)23-22-31(24-30(46)25-35(38)61-41(55)29-16-12-9-13-17-29)60-42(56)40(54)39(28-14-10-8-11-15-28)52-44(58)63-45(2,3)4/h8-17,27,30-36,38-40,54H,18-26H2,1-7H3,(H,52,58)/t27-,30+,31-,32-,33+,34+,35-,36+,38+,39+,40-,46+,47-/m1/s1. The normalized spacial score (nSPS) is 31.7. The number of carbonyl (C=O) groups is 5. The number of aliphatic hydroxyl groups excluding tert-OH is 1. The van der Waals surface area contributed by atoms with E-state index in [1.54, 1.807) is 81.4 Å². The molecule has 63 heavy (non-hydrogen) atoms. The monoisotopic (exact) mass is 885 g/mol. The van der Waals surface area contributed by atoms with Gasteiger partial charge >= 0.3 is 36.1 Å². The van der Waals surface area contributed by atoms with Gasteiger partial charge in [0.05, 0.1) is 18.7 Å². The summed E-state index contributed by atoms with van der Waals surface area (Å²) >= 11 is 0. The second-order valence-electron chi connectivity index (χ2n) is 19.6. The van der Waals surface area contributed by atoms with Crippen LogP contribution in [0.3, 0.4) is 0 Å². The first-order chi connectivity index (χ1) is 29.6. The summed E-state index contributed by atoms with van der Waals surface area (Å²) in [5, 5.41) is 14.1. The number of alkyl carbamates (subject to hydrolysis) is 1. The molecular weight excluding hydrogens is 824 g/mol. The lowest BCUT2D eigenvalue weighted by molar-refractivity contribution is -0.239. The number of fused-ring (bicyclic) bond motifs is 5. The molecule has 4 saturated carbocycles. The maximum absolute atomic E-state index is 14.0. The third-order valence-corrected chi connectivity index (χ3v) is 14.9. The number of nitrogens with one attached hydrogen (secondary N) is 1. The highest BCUT2D eigenvalue weighted by molar-refractivity contribution is 5.89. The second-order valence-corrected chi connectivity index (χ2v) is 19.6. The summed E-state index contributed by atoms with van der Waals surface area (Å²) in [6, 6.07) is 15.8. The largest absolute Gasteiger partial charge is 0.490 e. The molecule has 4 aliphatic rings. The molecule has 0 saturated heterocycles. The van der Waals surface area contributed by atoms with E-state index in [4.69, 9.17) is 23.7 Å². The molecule has 0 radical (unpaired) electrons. The van der Waals surface area contributed by atoms with Crippen molar-refractivity contribution in [3.8, 4) is 0 Å². The Labute approximate surface area is 367 Å². The number of carbonyl (C=O) groups excluding carboxylic acids is 5. The molecule has 0 unspecified atom stereocenters. The Balaban J connectivity index is 1.30. The van der Waals surface area contributed by atoms with E-state index in [0.29, 0.717) is 56.1 Å². The number of ether oxygens (including phenoxy) is 5. The number of benzene rings is 2. The van der Waals surface area contributed by atoms with E-state index >= 15 is 0 Å². The highest BCUT2D eigenvalue weighted by Gasteiger charge is 2.68. The van der Waals surface area contributed by atoms with E-state index in [0.717, 1.165) is 0 Å². The van der Waals surface area contributed by atoms with Gasteiger partial charge in [-0.2, -0.15) is 13.2 Å². The van der Waals surface area contributed by atoms with Crippen LogP contribution in [0.2, 0.25) is 0 Å². The number of hydrogen-bond donors (Lipinski definition) is 2. The molecule has 6 rings (SSSR count). The van der Waals surface area contributed by atoms with Gasteiger partial charge in [0.2, 0.25) is 0 Å². The summed E-state index contributed by atoms with van der Waals surface area (Å²) in [6.07, 6.45) is -7.03. The minimum Gasteiger partial charge on any atom is -0.469 e. The average Bonchev–Trinajstić information content (AvgIpc) is 3.59. The Bertz CT molecular complexity index is 1960. The number of aliphatic hydroxyl groups is 1. The topological polar surface area (TPSA) is 164 Å². The van der Waals surface area contributed by atoms with Crippen molar-refractivity contribution in [1.29, 1.82) is 0 Å². The van der Waals surface area contributed by atoms with Crippen molar-refractivity contribution in [2.45, 2.75) is 142 Å². The predicted octanol–water partition coefficient (Wildman–Crippen LogP) is 8.69. The van der Waals surface area contributed by atoms with Crippen LogP contribution in [0, 0.1) is 46.3 Å². The number of rotatable bonds is 12. The molecule has 0 spiro atoms. The number of hydrogen-bond acceptors (Lipinski definition) is 11. The van der Waals surface area contributed by atoms with Crippen LogP contribution in [-0.4, -0.2) is 78.4 Å². The van der Waals surface area contributed by atoms with Crippen molar-refractivity contribution < 1.29 is 65.9 Å². The summed E-state index contributed by atoms with van der Waals surface area (Å²) in [5.74, 6) is -5.75. The van der Waals surface area contributed by atoms with E-state index in [9.17, 15) is 42.3 Å². The van der Waals surface area contributed by atoms with Crippen molar-refractivity contribution in [3.05, 3.63) is 71.8 Å². The predicted molar refractivity (Wildman–Crippen MR) is 222 cm³/mol. The highest BCUT2D eigenvalue weighted by Crippen LogP contribution is 2.69. The van der Waals surface area contributed by atoms with E-state index in [-0.39, 0.29) is 48.3 Å². The van der Waals surface area contributed by atoms with Crippen LogP contribution < -0.4 is 5.32 Å². The lowest BCUT2D eigenvalue weighted by Gasteiger charge is -2.64. The van der Waals surface area contributed by atoms with Gasteiger partial charge in [0.1, 0.15) is 23.9 Å². The first kappa shape index (κ1) is 47.8. The molecule has 15 heteroatoms. The highest BCUT2D eigenvalue weighted by atomic mass is 19.4. The van der Waals surface area contributed by atoms with Gasteiger partial charge in [-0.15, -0.1) is 0 Å². The van der Waals surface area contributed by atoms with E-state index in [1.807, 2.05) is 13.8 Å². The molecule has 1 amide bonds. The van der Waals surface area contributed by atoms with Crippen LogP contribution in [0.4, 0.5) is 18.0 Å². The molecule has 0 bridgehead atoms. The van der Waals surface area contributed by atoms with E-state index < -0.39 is 83.0 Å². The fourth-order valence-electron chi connectivity index (χ4n) is 11.9. The van der Waals surface area contributed by atoms with Gasteiger partial charge in [0.25, 0.3) is 0 Å². The first-order valence-corrected chi connectivity index (χ1v) is 22.1. The molecule has 0 aromatic heterocycles. The van der Waals surface area contributed by atoms with Gasteiger partial charge in [-0.05, 0) is 125 Å². The number of esters is 4. The average molecular weight is 886 g/mol.